The lowest BCUT2D eigenvalue weighted by Gasteiger charge is -2.21. The normalized spacial score (nSPS) is 23.5. The molecule has 3 N–H and O–H groups in total. The van der Waals surface area contributed by atoms with Crippen LogP contribution in [0.3, 0.4) is 0 Å². The fourth-order valence-corrected chi connectivity index (χ4v) is 2.05. The van der Waals surface area contributed by atoms with Gasteiger partial charge >= 0.3 is 0 Å². The lowest BCUT2D eigenvalue weighted by molar-refractivity contribution is -0.132. The Morgan fingerprint density at radius 3 is 2.87 bits per heavy atom. The van der Waals surface area contributed by atoms with E-state index < -0.39 is 12.1 Å². The molecule has 1 heterocycles. The number of nitrogens with two attached hydrogens (primary N) is 1. The van der Waals surface area contributed by atoms with Gasteiger partial charge in [-0.2, -0.15) is 0 Å². The van der Waals surface area contributed by atoms with Crippen LogP contribution in [0.15, 0.2) is 0 Å². The number of thioether (sulfide) groups is 1. The summed E-state index contributed by atoms with van der Waals surface area (Å²) >= 11 is 0.997. The highest BCUT2D eigenvalue weighted by Crippen LogP contribution is 2.12. The molecule has 0 bridgehead atoms. The van der Waals surface area contributed by atoms with Gasteiger partial charge in [0.15, 0.2) is 5.78 Å². The molecule has 1 aliphatic heterocycles. The minimum absolute atomic E-state index is 0.0143. The Bertz CT molecular complexity index is 291. The van der Waals surface area contributed by atoms with Crippen molar-refractivity contribution >= 4 is 28.6 Å². The lowest BCUT2D eigenvalue weighted by Crippen LogP contribution is -2.47. The molecule has 2 atom stereocenters. The van der Waals surface area contributed by atoms with E-state index in [9.17, 15) is 14.4 Å². The van der Waals surface area contributed by atoms with Crippen LogP contribution in [0.5, 0.6) is 0 Å². The molecule has 1 fully saturated rings. The molecule has 84 valence electrons. The molecule has 6 heteroatoms. The van der Waals surface area contributed by atoms with Crippen molar-refractivity contribution in [2.75, 3.05) is 5.75 Å². The molecule has 0 aromatic heterocycles. The van der Waals surface area contributed by atoms with Crippen molar-refractivity contribution in [3.63, 3.8) is 0 Å². The highest BCUT2D eigenvalue weighted by molar-refractivity contribution is 8.13. The molecule has 1 saturated heterocycles. The summed E-state index contributed by atoms with van der Waals surface area (Å²) in [7, 11) is 0. The highest BCUT2D eigenvalue weighted by Gasteiger charge is 2.27. The second-order valence-electron chi connectivity index (χ2n) is 3.51. The van der Waals surface area contributed by atoms with Gasteiger partial charge in [-0.25, -0.2) is 0 Å². The summed E-state index contributed by atoms with van der Waals surface area (Å²) in [5.41, 5.74) is 5.37. The van der Waals surface area contributed by atoms with Gasteiger partial charge in [0, 0.05) is 18.6 Å². The SMILES string of the molecule is CC(N)C(=O)SCC1NC(=O)CCC1=O. The van der Waals surface area contributed by atoms with Crippen LogP contribution >= 0.6 is 11.8 Å². The second kappa shape index (κ2) is 5.27. The molecular weight excluding hydrogens is 216 g/mol. The zero-order valence-electron chi connectivity index (χ0n) is 8.49. The van der Waals surface area contributed by atoms with Gasteiger partial charge in [-0.1, -0.05) is 11.8 Å². The molecule has 1 amide bonds. The van der Waals surface area contributed by atoms with Crippen molar-refractivity contribution in [1.82, 2.24) is 5.32 Å². The van der Waals surface area contributed by atoms with Crippen LogP contribution in [0.4, 0.5) is 0 Å². The molecule has 2 unspecified atom stereocenters. The zero-order chi connectivity index (χ0) is 11.4. The van der Waals surface area contributed by atoms with E-state index in [1.165, 1.54) is 0 Å². The fraction of sp³-hybridized carbons (Fsp3) is 0.667. The molecule has 1 aliphatic rings. The highest BCUT2D eigenvalue weighted by atomic mass is 32.2. The number of hydrogen-bond donors (Lipinski definition) is 2. The smallest absolute Gasteiger partial charge is 0.221 e. The fourth-order valence-electron chi connectivity index (χ4n) is 1.19. The number of nitrogens with one attached hydrogen (secondary N) is 1. The maximum atomic E-state index is 11.4. The molecule has 0 spiro atoms. The summed E-state index contributed by atoms with van der Waals surface area (Å²) in [6.45, 7) is 1.59. The Balaban J connectivity index is 2.40. The molecule has 0 aliphatic carbocycles. The monoisotopic (exact) mass is 230 g/mol. The van der Waals surface area contributed by atoms with E-state index in [2.05, 4.69) is 5.32 Å². The molecule has 0 radical (unpaired) electrons. The summed E-state index contributed by atoms with van der Waals surface area (Å²) in [6.07, 6.45) is 0.519. The topological polar surface area (TPSA) is 89.3 Å². The summed E-state index contributed by atoms with van der Waals surface area (Å²) in [5, 5.41) is 2.39. The van der Waals surface area contributed by atoms with E-state index in [1.807, 2.05) is 0 Å². The van der Waals surface area contributed by atoms with Gasteiger partial charge in [0.25, 0.3) is 0 Å². The van der Waals surface area contributed by atoms with Gasteiger partial charge in [-0.3, -0.25) is 14.4 Å². The number of carbonyl (C=O) groups excluding carboxylic acids is 3. The van der Waals surface area contributed by atoms with Gasteiger partial charge < -0.3 is 11.1 Å². The zero-order valence-corrected chi connectivity index (χ0v) is 9.30. The Morgan fingerprint density at radius 1 is 1.60 bits per heavy atom. The molecule has 0 aromatic rings. The number of rotatable bonds is 3. The standard InChI is InChI=1S/C9H14N2O3S/c1-5(10)9(14)15-4-6-7(12)2-3-8(13)11-6/h5-6H,2-4,10H2,1H3,(H,11,13). The summed E-state index contributed by atoms with van der Waals surface area (Å²) < 4.78 is 0. The van der Waals surface area contributed by atoms with Crippen molar-refractivity contribution in [2.45, 2.75) is 31.8 Å². The predicted molar refractivity (Wildman–Crippen MR) is 57.3 cm³/mol. The average molecular weight is 230 g/mol. The van der Waals surface area contributed by atoms with Crippen molar-refractivity contribution < 1.29 is 14.4 Å². The first kappa shape index (κ1) is 12.2. The third-order valence-electron chi connectivity index (χ3n) is 2.09. The average Bonchev–Trinajstić information content (AvgIpc) is 2.18. The maximum Gasteiger partial charge on any atom is 0.221 e. The first-order valence-corrected chi connectivity index (χ1v) is 5.73. The van der Waals surface area contributed by atoms with E-state index in [-0.39, 0.29) is 35.4 Å². The number of amides is 1. The van der Waals surface area contributed by atoms with Crippen LogP contribution in [0, 0.1) is 0 Å². The van der Waals surface area contributed by atoms with E-state index in [0.717, 1.165) is 11.8 Å². The third-order valence-corrected chi connectivity index (χ3v) is 3.24. The Morgan fingerprint density at radius 2 is 2.27 bits per heavy atom. The van der Waals surface area contributed by atoms with Crippen LogP contribution in [0.25, 0.3) is 0 Å². The van der Waals surface area contributed by atoms with Gasteiger partial charge in [0.1, 0.15) is 0 Å². The van der Waals surface area contributed by atoms with E-state index in [4.69, 9.17) is 5.73 Å². The van der Waals surface area contributed by atoms with Crippen LogP contribution < -0.4 is 11.1 Å². The first-order chi connectivity index (χ1) is 7.00. The first-order valence-electron chi connectivity index (χ1n) is 4.75. The number of carbonyl (C=O) groups is 3. The van der Waals surface area contributed by atoms with Crippen LogP contribution in [0.2, 0.25) is 0 Å². The van der Waals surface area contributed by atoms with Gasteiger partial charge in [0.05, 0.1) is 12.1 Å². The largest absolute Gasteiger partial charge is 0.345 e. The van der Waals surface area contributed by atoms with Crippen molar-refractivity contribution in [1.29, 1.82) is 0 Å². The third kappa shape index (κ3) is 3.64. The van der Waals surface area contributed by atoms with Crippen molar-refractivity contribution in [3.05, 3.63) is 0 Å². The van der Waals surface area contributed by atoms with Crippen molar-refractivity contribution in [2.24, 2.45) is 5.73 Å². The van der Waals surface area contributed by atoms with Crippen LogP contribution in [0.1, 0.15) is 19.8 Å². The van der Waals surface area contributed by atoms with Gasteiger partial charge in [0.2, 0.25) is 11.0 Å². The number of hydrogen-bond acceptors (Lipinski definition) is 5. The lowest BCUT2D eigenvalue weighted by atomic mass is 10.0. The minimum Gasteiger partial charge on any atom is -0.345 e. The Hall–Kier alpha value is -0.880. The molecule has 5 nitrogen and oxygen atoms in total. The van der Waals surface area contributed by atoms with Crippen LogP contribution in [-0.4, -0.2) is 34.6 Å². The molecular formula is C9H14N2O3S. The minimum atomic E-state index is -0.538. The summed E-state index contributed by atoms with van der Waals surface area (Å²) in [6, 6.07) is -1.07. The second-order valence-corrected chi connectivity index (χ2v) is 4.53. The quantitative estimate of drug-likeness (QED) is 0.678. The number of piperidine rings is 1. The summed E-state index contributed by atoms with van der Waals surface area (Å²) in [5.74, 6) is 0.137. The predicted octanol–water partition coefficient (Wildman–Crippen LogP) is -0.559. The van der Waals surface area contributed by atoms with Gasteiger partial charge in [-0.05, 0) is 6.92 Å². The Labute approximate surface area is 92.2 Å². The van der Waals surface area contributed by atoms with E-state index in [1.54, 1.807) is 6.92 Å². The molecule has 15 heavy (non-hydrogen) atoms. The molecule has 1 rings (SSSR count). The maximum absolute atomic E-state index is 11.4. The number of ketones is 1. The number of Topliss-reactive ketones (excluding diaryl/α,β-unsaturated/α-hetero) is 1. The van der Waals surface area contributed by atoms with Gasteiger partial charge in [-0.15, -0.1) is 0 Å². The van der Waals surface area contributed by atoms with E-state index >= 15 is 0 Å². The molecule has 0 saturated carbocycles. The Kier molecular flexibility index (Phi) is 4.28. The molecule has 0 aromatic carbocycles. The van der Waals surface area contributed by atoms with E-state index in [0.29, 0.717) is 0 Å². The van der Waals surface area contributed by atoms with Crippen LogP contribution in [-0.2, 0) is 14.4 Å². The summed E-state index contributed by atoms with van der Waals surface area (Å²) in [4.78, 5) is 33.6. The van der Waals surface area contributed by atoms with Crippen molar-refractivity contribution in [3.8, 4) is 0 Å².